The van der Waals surface area contributed by atoms with Crippen LogP contribution in [0.1, 0.15) is 17.0 Å². The summed E-state index contributed by atoms with van der Waals surface area (Å²) in [5, 5.41) is 7.84. The minimum absolute atomic E-state index is 0.157. The Bertz CT molecular complexity index is 557. The maximum Gasteiger partial charge on any atom is 0.223 e. The van der Waals surface area contributed by atoms with Crippen LogP contribution in [-0.2, 0) is 13.6 Å². The van der Waals surface area contributed by atoms with Gasteiger partial charge in [-0.15, -0.1) is 0 Å². The van der Waals surface area contributed by atoms with Crippen molar-refractivity contribution in [3.8, 4) is 0 Å². The lowest BCUT2D eigenvalue weighted by Gasteiger charge is -2.07. The number of aromatic nitrogens is 4. The largest absolute Gasteiger partial charge is 0.368 e. The molecule has 0 radical (unpaired) electrons. The molecule has 0 saturated heterocycles. The highest BCUT2D eigenvalue weighted by Gasteiger charge is 2.09. The fraction of sp³-hybridized carbons (Fsp3) is 0.364. The standard InChI is InChI=1S/C11H15ClN6/c1-6-8(7(2)18(3)17-6)5-14-10-4-9(12)15-11(13)16-10/h4H,5H2,1-3H3,(H3,13,14,15,16). The van der Waals surface area contributed by atoms with Gasteiger partial charge in [0.2, 0.25) is 5.95 Å². The first kappa shape index (κ1) is 12.6. The number of nitrogens with two attached hydrogens (primary N) is 1. The topological polar surface area (TPSA) is 81.7 Å². The van der Waals surface area contributed by atoms with Crippen molar-refractivity contribution in [3.05, 3.63) is 28.2 Å². The van der Waals surface area contributed by atoms with Crippen LogP contribution >= 0.6 is 11.6 Å². The third-order valence-corrected chi connectivity index (χ3v) is 3.01. The van der Waals surface area contributed by atoms with Gasteiger partial charge in [0.05, 0.1) is 5.69 Å². The van der Waals surface area contributed by atoms with Gasteiger partial charge >= 0.3 is 0 Å². The molecule has 3 N–H and O–H groups in total. The van der Waals surface area contributed by atoms with Crippen LogP contribution in [0.2, 0.25) is 5.15 Å². The Morgan fingerprint density at radius 2 is 2.11 bits per heavy atom. The molecule has 0 aliphatic heterocycles. The van der Waals surface area contributed by atoms with Crippen LogP contribution in [0.5, 0.6) is 0 Å². The van der Waals surface area contributed by atoms with Gasteiger partial charge in [0.1, 0.15) is 11.0 Å². The van der Waals surface area contributed by atoms with Crippen LogP contribution in [-0.4, -0.2) is 19.7 Å². The highest BCUT2D eigenvalue weighted by atomic mass is 35.5. The second-order valence-electron chi connectivity index (χ2n) is 4.06. The van der Waals surface area contributed by atoms with Crippen LogP contribution in [0.3, 0.4) is 0 Å². The van der Waals surface area contributed by atoms with Crippen molar-refractivity contribution >= 4 is 23.4 Å². The Labute approximate surface area is 110 Å². The SMILES string of the molecule is Cc1nn(C)c(C)c1CNc1cc(Cl)nc(N)n1. The molecule has 2 aromatic rings. The van der Waals surface area contributed by atoms with E-state index in [1.807, 2.05) is 25.6 Å². The number of anilines is 2. The third kappa shape index (κ3) is 2.53. The zero-order chi connectivity index (χ0) is 13.3. The van der Waals surface area contributed by atoms with E-state index >= 15 is 0 Å². The predicted molar refractivity (Wildman–Crippen MR) is 71.5 cm³/mol. The quantitative estimate of drug-likeness (QED) is 0.826. The van der Waals surface area contributed by atoms with Crippen LogP contribution < -0.4 is 11.1 Å². The number of halogens is 1. The van der Waals surface area contributed by atoms with E-state index < -0.39 is 0 Å². The van der Waals surface area contributed by atoms with Crippen molar-refractivity contribution in [1.29, 1.82) is 0 Å². The lowest BCUT2D eigenvalue weighted by Crippen LogP contribution is -2.06. The summed E-state index contributed by atoms with van der Waals surface area (Å²) < 4.78 is 1.85. The molecule has 0 spiro atoms. The summed E-state index contributed by atoms with van der Waals surface area (Å²) in [4.78, 5) is 7.86. The molecule has 6 nitrogen and oxygen atoms in total. The Morgan fingerprint density at radius 1 is 1.39 bits per heavy atom. The van der Waals surface area contributed by atoms with Crippen molar-refractivity contribution in [2.24, 2.45) is 7.05 Å². The van der Waals surface area contributed by atoms with Crippen molar-refractivity contribution in [2.45, 2.75) is 20.4 Å². The molecule has 0 aliphatic rings. The second-order valence-corrected chi connectivity index (χ2v) is 4.45. The molecule has 0 bridgehead atoms. The number of aryl methyl sites for hydroxylation is 2. The minimum atomic E-state index is 0.157. The van der Waals surface area contributed by atoms with Crippen LogP contribution in [0.15, 0.2) is 6.07 Å². The van der Waals surface area contributed by atoms with Crippen LogP contribution in [0.25, 0.3) is 0 Å². The van der Waals surface area contributed by atoms with Gasteiger partial charge in [-0.2, -0.15) is 10.1 Å². The average Bonchev–Trinajstić information content (AvgIpc) is 2.50. The first-order chi connectivity index (χ1) is 8.47. The van der Waals surface area contributed by atoms with Crippen LogP contribution in [0, 0.1) is 13.8 Å². The molecule has 0 atom stereocenters. The summed E-state index contributed by atoms with van der Waals surface area (Å²) in [5.74, 6) is 0.764. The Morgan fingerprint density at radius 3 is 2.67 bits per heavy atom. The Balaban J connectivity index is 2.16. The molecule has 0 aliphatic carbocycles. The summed E-state index contributed by atoms with van der Waals surface area (Å²) >= 11 is 5.81. The zero-order valence-electron chi connectivity index (χ0n) is 10.5. The summed E-state index contributed by atoms with van der Waals surface area (Å²) in [6.07, 6.45) is 0. The van der Waals surface area contributed by atoms with E-state index in [0.717, 1.165) is 17.0 Å². The van der Waals surface area contributed by atoms with E-state index in [1.54, 1.807) is 6.07 Å². The molecule has 2 heterocycles. The number of nitrogens with zero attached hydrogens (tertiary/aromatic N) is 4. The van der Waals surface area contributed by atoms with Crippen molar-refractivity contribution in [3.63, 3.8) is 0 Å². The summed E-state index contributed by atoms with van der Waals surface area (Å²) in [5.41, 5.74) is 8.79. The Hall–Kier alpha value is -1.82. The van der Waals surface area contributed by atoms with Crippen molar-refractivity contribution in [2.75, 3.05) is 11.1 Å². The zero-order valence-corrected chi connectivity index (χ0v) is 11.3. The fourth-order valence-corrected chi connectivity index (χ4v) is 1.97. The van der Waals surface area contributed by atoms with Crippen molar-refractivity contribution < 1.29 is 0 Å². The number of nitrogen functional groups attached to an aromatic ring is 1. The lowest BCUT2D eigenvalue weighted by molar-refractivity contribution is 0.730. The molecule has 0 saturated carbocycles. The number of rotatable bonds is 3. The molecule has 0 fully saturated rings. The van der Waals surface area contributed by atoms with Crippen LogP contribution in [0.4, 0.5) is 11.8 Å². The van der Waals surface area contributed by atoms with Gasteiger partial charge in [-0.3, -0.25) is 4.68 Å². The molecule has 0 unspecified atom stereocenters. The van der Waals surface area contributed by atoms with E-state index in [-0.39, 0.29) is 5.95 Å². The highest BCUT2D eigenvalue weighted by molar-refractivity contribution is 6.29. The summed E-state index contributed by atoms with van der Waals surface area (Å²) in [6, 6.07) is 1.64. The van der Waals surface area contributed by atoms with Gasteiger partial charge in [-0.25, -0.2) is 4.98 Å². The van der Waals surface area contributed by atoms with Gasteiger partial charge in [0.25, 0.3) is 0 Å². The third-order valence-electron chi connectivity index (χ3n) is 2.82. The highest BCUT2D eigenvalue weighted by Crippen LogP contribution is 2.16. The lowest BCUT2D eigenvalue weighted by atomic mass is 10.2. The number of nitrogens with one attached hydrogen (secondary N) is 1. The minimum Gasteiger partial charge on any atom is -0.368 e. The first-order valence-electron chi connectivity index (χ1n) is 5.50. The molecule has 2 aromatic heterocycles. The van der Waals surface area contributed by atoms with E-state index in [0.29, 0.717) is 17.5 Å². The maximum absolute atomic E-state index is 5.81. The van der Waals surface area contributed by atoms with Gasteiger partial charge < -0.3 is 11.1 Å². The van der Waals surface area contributed by atoms with Crippen molar-refractivity contribution in [1.82, 2.24) is 19.7 Å². The molecule has 0 aromatic carbocycles. The van der Waals surface area contributed by atoms with Gasteiger partial charge in [-0.05, 0) is 13.8 Å². The Kier molecular flexibility index (Phi) is 3.38. The first-order valence-corrected chi connectivity index (χ1v) is 5.88. The van der Waals surface area contributed by atoms with E-state index in [9.17, 15) is 0 Å². The monoisotopic (exact) mass is 266 g/mol. The number of hydrogen-bond donors (Lipinski definition) is 2. The van der Waals surface area contributed by atoms with Gasteiger partial charge in [-0.1, -0.05) is 11.6 Å². The number of hydrogen-bond acceptors (Lipinski definition) is 5. The van der Waals surface area contributed by atoms with E-state index in [4.69, 9.17) is 17.3 Å². The smallest absolute Gasteiger partial charge is 0.223 e. The summed E-state index contributed by atoms with van der Waals surface area (Å²) in [7, 11) is 1.92. The fourth-order valence-electron chi connectivity index (χ4n) is 1.78. The average molecular weight is 267 g/mol. The van der Waals surface area contributed by atoms with Gasteiger partial charge in [0, 0.05) is 30.9 Å². The molecular weight excluding hydrogens is 252 g/mol. The van der Waals surface area contributed by atoms with E-state index in [1.165, 1.54) is 0 Å². The normalized spacial score (nSPS) is 10.7. The molecule has 2 rings (SSSR count). The molecular formula is C11H15ClN6. The molecule has 18 heavy (non-hydrogen) atoms. The maximum atomic E-state index is 5.81. The summed E-state index contributed by atoms with van der Waals surface area (Å²) in [6.45, 7) is 4.63. The van der Waals surface area contributed by atoms with E-state index in [2.05, 4.69) is 20.4 Å². The molecule has 7 heteroatoms. The van der Waals surface area contributed by atoms with Gasteiger partial charge in [0.15, 0.2) is 0 Å². The molecule has 96 valence electrons. The second kappa shape index (κ2) is 4.81. The predicted octanol–water partition coefficient (Wildman–Crippen LogP) is 1.67. The molecule has 0 amide bonds.